The molecular formula is C24H29F3N2O5S. The Morgan fingerprint density at radius 1 is 0.971 bits per heavy atom. The number of benzene rings is 2. The third-order valence-electron chi connectivity index (χ3n) is 5.67. The average molecular weight is 515 g/mol. The molecule has 2 atom stereocenters. The molecule has 0 aliphatic carbocycles. The van der Waals surface area contributed by atoms with Gasteiger partial charge in [-0.3, -0.25) is 9.59 Å². The molecule has 11 heteroatoms. The zero-order valence-electron chi connectivity index (χ0n) is 20.1. The third kappa shape index (κ3) is 7.79. The Balaban J connectivity index is 2.07. The standard InChI is InChI=1S/C24H29F3N2O5S/c1-15(2)23(4,34-14-17-6-12-20(13-7-17)24(25,26)27)22(31)28-16(3)18-8-10-19(11-9-18)21(30)29-35(5,32)33/h6-13,15-16H,14H2,1-5H3,(H,28,31)(H,29,30)/t16-,23-/m0/s1. The first-order valence-electron chi connectivity index (χ1n) is 10.8. The van der Waals surface area contributed by atoms with E-state index in [1.165, 1.54) is 24.3 Å². The maximum absolute atomic E-state index is 13.1. The first-order chi connectivity index (χ1) is 16.0. The zero-order chi connectivity index (χ0) is 26.6. The van der Waals surface area contributed by atoms with E-state index < -0.39 is 45.2 Å². The molecule has 2 aromatic rings. The van der Waals surface area contributed by atoms with Crippen molar-refractivity contribution in [3.63, 3.8) is 0 Å². The van der Waals surface area contributed by atoms with Crippen molar-refractivity contribution in [1.29, 1.82) is 0 Å². The predicted octanol–water partition coefficient (Wildman–Crippen LogP) is 4.20. The Bertz CT molecular complexity index is 1150. The van der Waals surface area contributed by atoms with E-state index >= 15 is 0 Å². The molecule has 0 aliphatic rings. The van der Waals surface area contributed by atoms with E-state index in [1.807, 2.05) is 4.72 Å². The minimum absolute atomic E-state index is 0.0568. The summed E-state index contributed by atoms with van der Waals surface area (Å²) in [5, 5.41) is 2.86. The van der Waals surface area contributed by atoms with Crippen LogP contribution in [0.25, 0.3) is 0 Å². The number of amides is 2. The van der Waals surface area contributed by atoms with Gasteiger partial charge in [0.1, 0.15) is 5.60 Å². The molecule has 2 aromatic carbocycles. The monoisotopic (exact) mass is 514 g/mol. The first-order valence-corrected chi connectivity index (χ1v) is 12.6. The summed E-state index contributed by atoms with van der Waals surface area (Å²) in [5.74, 6) is -1.43. The molecule has 0 radical (unpaired) electrons. The molecule has 0 bridgehead atoms. The van der Waals surface area contributed by atoms with Gasteiger partial charge < -0.3 is 10.1 Å². The largest absolute Gasteiger partial charge is 0.416 e. The van der Waals surface area contributed by atoms with Crippen molar-refractivity contribution in [3.8, 4) is 0 Å². The number of alkyl halides is 3. The number of rotatable bonds is 9. The van der Waals surface area contributed by atoms with Gasteiger partial charge in [-0.15, -0.1) is 0 Å². The van der Waals surface area contributed by atoms with Gasteiger partial charge in [-0.1, -0.05) is 38.1 Å². The van der Waals surface area contributed by atoms with E-state index in [1.54, 1.807) is 39.8 Å². The van der Waals surface area contributed by atoms with Crippen LogP contribution in [-0.4, -0.2) is 32.1 Å². The van der Waals surface area contributed by atoms with Crippen molar-refractivity contribution in [3.05, 3.63) is 70.8 Å². The molecule has 0 saturated carbocycles. The summed E-state index contributed by atoms with van der Waals surface area (Å²) in [6, 6.07) is 10.2. The number of hydrogen-bond donors (Lipinski definition) is 2. The number of halogens is 3. The summed E-state index contributed by atoms with van der Waals surface area (Å²) in [7, 11) is -3.69. The summed E-state index contributed by atoms with van der Waals surface area (Å²) >= 11 is 0. The lowest BCUT2D eigenvalue weighted by atomic mass is 9.90. The Kier molecular flexibility index (Phi) is 8.72. The van der Waals surface area contributed by atoms with Crippen LogP contribution in [0.2, 0.25) is 0 Å². The third-order valence-corrected chi connectivity index (χ3v) is 6.23. The highest BCUT2D eigenvalue weighted by Crippen LogP contribution is 2.30. The Morgan fingerprint density at radius 3 is 1.97 bits per heavy atom. The van der Waals surface area contributed by atoms with E-state index in [0.717, 1.165) is 18.4 Å². The molecule has 0 heterocycles. The van der Waals surface area contributed by atoms with E-state index in [4.69, 9.17) is 4.74 Å². The van der Waals surface area contributed by atoms with Crippen LogP contribution in [0.5, 0.6) is 0 Å². The van der Waals surface area contributed by atoms with Gasteiger partial charge in [0.05, 0.1) is 24.5 Å². The van der Waals surface area contributed by atoms with Crippen LogP contribution in [-0.2, 0) is 32.3 Å². The minimum atomic E-state index is -4.43. The molecule has 0 aliphatic heterocycles. The van der Waals surface area contributed by atoms with E-state index in [-0.39, 0.29) is 18.1 Å². The molecule has 35 heavy (non-hydrogen) atoms. The molecule has 0 spiro atoms. The van der Waals surface area contributed by atoms with E-state index in [0.29, 0.717) is 11.1 Å². The summed E-state index contributed by atoms with van der Waals surface area (Å²) in [5.41, 5.74) is -0.729. The number of sulfonamides is 1. The molecular weight excluding hydrogens is 485 g/mol. The fraction of sp³-hybridized carbons (Fsp3) is 0.417. The number of nitrogens with one attached hydrogen (secondary N) is 2. The summed E-state index contributed by atoms with van der Waals surface area (Å²) in [4.78, 5) is 25.1. The summed E-state index contributed by atoms with van der Waals surface area (Å²) < 4.78 is 68.5. The highest BCUT2D eigenvalue weighted by Gasteiger charge is 2.38. The van der Waals surface area contributed by atoms with Crippen molar-refractivity contribution < 1.29 is 35.9 Å². The van der Waals surface area contributed by atoms with Crippen molar-refractivity contribution in [2.75, 3.05) is 6.26 Å². The van der Waals surface area contributed by atoms with E-state index in [2.05, 4.69) is 5.32 Å². The number of carbonyl (C=O) groups is 2. The highest BCUT2D eigenvalue weighted by molar-refractivity contribution is 7.89. The molecule has 7 nitrogen and oxygen atoms in total. The van der Waals surface area contributed by atoms with Crippen molar-refractivity contribution >= 4 is 21.8 Å². The second kappa shape index (κ2) is 10.8. The van der Waals surface area contributed by atoms with Crippen LogP contribution in [0.4, 0.5) is 13.2 Å². The Morgan fingerprint density at radius 2 is 1.51 bits per heavy atom. The van der Waals surface area contributed by atoms with Crippen LogP contribution < -0.4 is 10.0 Å². The normalized spacial score (nSPS) is 14.8. The van der Waals surface area contributed by atoms with Gasteiger partial charge in [-0.2, -0.15) is 13.2 Å². The molecule has 192 valence electrons. The highest BCUT2D eigenvalue weighted by atomic mass is 32.2. The minimum Gasteiger partial charge on any atom is -0.361 e. The van der Waals surface area contributed by atoms with Crippen LogP contribution in [0.3, 0.4) is 0 Å². The molecule has 0 aromatic heterocycles. The molecule has 2 rings (SSSR count). The zero-order valence-corrected chi connectivity index (χ0v) is 20.9. The van der Waals surface area contributed by atoms with Gasteiger partial charge in [-0.05, 0) is 55.2 Å². The maximum Gasteiger partial charge on any atom is 0.416 e. The van der Waals surface area contributed by atoms with E-state index in [9.17, 15) is 31.2 Å². The smallest absolute Gasteiger partial charge is 0.361 e. The van der Waals surface area contributed by atoms with Crippen molar-refractivity contribution in [2.45, 2.75) is 52.1 Å². The fourth-order valence-electron chi connectivity index (χ4n) is 3.09. The van der Waals surface area contributed by atoms with Gasteiger partial charge in [0.2, 0.25) is 10.0 Å². The van der Waals surface area contributed by atoms with Gasteiger partial charge >= 0.3 is 6.18 Å². The lowest BCUT2D eigenvalue weighted by Crippen LogP contribution is -2.50. The lowest BCUT2D eigenvalue weighted by molar-refractivity contribution is -0.154. The predicted molar refractivity (Wildman–Crippen MR) is 125 cm³/mol. The number of carbonyl (C=O) groups excluding carboxylic acids is 2. The quantitative estimate of drug-likeness (QED) is 0.522. The van der Waals surface area contributed by atoms with Gasteiger partial charge in [0, 0.05) is 5.56 Å². The molecule has 2 amide bonds. The molecule has 2 N–H and O–H groups in total. The molecule has 0 fully saturated rings. The summed E-state index contributed by atoms with van der Waals surface area (Å²) in [6.45, 7) is 6.89. The Labute approximate surface area is 203 Å². The van der Waals surface area contributed by atoms with Gasteiger partial charge in [0.25, 0.3) is 11.8 Å². The molecule has 0 unspecified atom stereocenters. The van der Waals surface area contributed by atoms with Crippen LogP contribution in [0.1, 0.15) is 60.8 Å². The summed E-state index contributed by atoms with van der Waals surface area (Å²) in [6.07, 6.45) is -3.56. The van der Waals surface area contributed by atoms with Crippen LogP contribution in [0.15, 0.2) is 48.5 Å². The van der Waals surface area contributed by atoms with Crippen LogP contribution in [0, 0.1) is 5.92 Å². The topological polar surface area (TPSA) is 102 Å². The molecule has 0 saturated heterocycles. The van der Waals surface area contributed by atoms with Crippen LogP contribution >= 0.6 is 0 Å². The fourth-order valence-corrected chi connectivity index (χ4v) is 3.55. The lowest BCUT2D eigenvalue weighted by Gasteiger charge is -2.33. The van der Waals surface area contributed by atoms with Gasteiger partial charge in [0.15, 0.2) is 0 Å². The van der Waals surface area contributed by atoms with Crippen molar-refractivity contribution in [2.24, 2.45) is 5.92 Å². The number of hydrogen-bond acceptors (Lipinski definition) is 5. The first kappa shape index (κ1) is 28.3. The second-order valence-corrected chi connectivity index (χ2v) is 10.5. The second-order valence-electron chi connectivity index (χ2n) is 8.77. The van der Waals surface area contributed by atoms with Gasteiger partial charge in [-0.25, -0.2) is 13.1 Å². The number of ether oxygens (including phenoxy) is 1. The van der Waals surface area contributed by atoms with Crippen molar-refractivity contribution in [1.82, 2.24) is 10.0 Å². The Hall–Kier alpha value is -2.92. The SMILES string of the molecule is CC(C)[C@](C)(OCc1ccc(C(F)(F)F)cc1)C(=O)N[C@@H](C)c1ccc(C(=O)NS(C)(=O)=O)cc1. The maximum atomic E-state index is 13.1. The average Bonchev–Trinajstić information content (AvgIpc) is 2.75.